The van der Waals surface area contributed by atoms with Crippen molar-refractivity contribution in [1.82, 2.24) is 0 Å². The molecule has 0 heterocycles. The summed E-state index contributed by atoms with van der Waals surface area (Å²) in [5.41, 5.74) is 1.97. The molecule has 0 aliphatic heterocycles. The second kappa shape index (κ2) is 6.94. The molecule has 0 bridgehead atoms. The highest BCUT2D eigenvalue weighted by atomic mass is 16.5. The third-order valence-electron chi connectivity index (χ3n) is 11.0. The highest BCUT2D eigenvalue weighted by molar-refractivity contribution is 5.84. The number of carbonyl (C=O) groups is 2. The van der Waals surface area contributed by atoms with Crippen LogP contribution in [0, 0.1) is 39.9 Å². The van der Waals surface area contributed by atoms with Crippen molar-refractivity contribution in [2.24, 2.45) is 39.9 Å². The minimum absolute atomic E-state index is 0.0429. The van der Waals surface area contributed by atoms with Gasteiger partial charge in [-0.3, -0.25) is 9.59 Å². The fraction of sp³-hybridized carbons (Fsp3) is 0.852. The fourth-order valence-corrected chi connectivity index (χ4v) is 9.76. The van der Waals surface area contributed by atoms with Gasteiger partial charge in [0.05, 0.1) is 0 Å². The SMILES string of the molecule is CC(=O)O[C@H]1CC[C@]2(C)C(=CC[C@H]3[C@@H]2CC[C@]2(C)[C@H]3C[C@H]3CCCC[C@]32C(C)=O)C1. The van der Waals surface area contributed by atoms with Crippen molar-refractivity contribution in [2.45, 2.75) is 104 Å². The van der Waals surface area contributed by atoms with Gasteiger partial charge in [-0.25, -0.2) is 0 Å². The van der Waals surface area contributed by atoms with Crippen LogP contribution in [0.5, 0.6) is 0 Å². The normalized spacial score (nSPS) is 49.7. The Bertz CT molecular complexity index is 783. The van der Waals surface area contributed by atoms with E-state index in [1.54, 1.807) is 5.57 Å². The number of Topliss-reactive ketones (excluding diaryl/α,β-unsaturated/α-hetero) is 1. The van der Waals surface area contributed by atoms with E-state index in [2.05, 4.69) is 19.9 Å². The standard InChI is InChI=1S/C27H40O3/c1-17(28)27-12-6-5-7-20(27)16-24-22-9-8-19-15-21(30-18(2)29)10-13-25(19,3)23(22)11-14-26(24,27)4/h8,20-24H,5-7,9-16H2,1-4H3/t20-,21+,22+,23+,24+,25-,26-,27+/m1/s1. The zero-order valence-electron chi connectivity index (χ0n) is 19.5. The molecule has 5 aliphatic rings. The zero-order valence-corrected chi connectivity index (χ0v) is 19.5. The highest BCUT2D eigenvalue weighted by Gasteiger charge is 2.68. The van der Waals surface area contributed by atoms with E-state index >= 15 is 0 Å². The van der Waals surface area contributed by atoms with Crippen molar-refractivity contribution >= 4 is 11.8 Å². The number of allylic oxidation sites excluding steroid dienone is 1. The highest BCUT2D eigenvalue weighted by Crippen LogP contribution is 2.73. The van der Waals surface area contributed by atoms with Crippen molar-refractivity contribution in [3.8, 4) is 0 Å². The summed E-state index contributed by atoms with van der Waals surface area (Å²) in [6.07, 6.45) is 15.6. The molecule has 0 aromatic carbocycles. The molecule has 3 heteroatoms. The van der Waals surface area contributed by atoms with Crippen LogP contribution in [0.1, 0.15) is 98.3 Å². The van der Waals surface area contributed by atoms with Crippen LogP contribution in [-0.4, -0.2) is 17.9 Å². The molecule has 0 unspecified atom stereocenters. The van der Waals surface area contributed by atoms with Gasteiger partial charge in [-0.2, -0.15) is 0 Å². The van der Waals surface area contributed by atoms with E-state index < -0.39 is 0 Å². The van der Waals surface area contributed by atoms with Crippen LogP contribution in [0.25, 0.3) is 0 Å². The summed E-state index contributed by atoms with van der Waals surface area (Å²) in [5, 5.41) is 0. The molecule has 0 spiro atoms. The number of ketones is 1. The summed E-state index contributed by atoms with van der Waals surface area (Å²) < 4.78 is 5.59. The molecule has 30 heavy (non-hydrogen) atoms. The third-order valence-corrected chi connectivity index (χ3v) is 11.0. The summed E-state index contributed by atoms with van der Waals surface area (Å²) in [7, 11) is 0. The third kappa shape index (κ3) is 2.62. The molecular weight excluding hydrogens is 372 g/mol. The van der Waals surface area contributed by atoms with Gasteiger partial charge in [0.15, 0.2) is 0 Å². The van der Waals surface area contributed by atoms with Gasteiger partial charge in [-0.1, -0.05) is 38.3 Å². The molecule has 0 aromatic heterocycles. The van der Waals surface area contributed by atoms with Crippen LogP contribution < -0.4 is 0 Å². The number of carbonyl (C=O) groups excluding carboxylic acids is 2. The van der Waals surface area contributed by atoms with Gasteiger partial charge in [-0.05, 0) is 92.8 Å². The van der Waals surface area contributed by atoms with Gasteiger partial charge in [-0.15, -0.1) is 0 Å². The van der Waals surface area contributed by atoms with Crippen molar-refractivity contribution in [3.05, 3.63) is 11.6 Å². The fourth-order valence-electron chi connectivity index (χ4n) is 9.76. The summed E-state index contributed by atoms with van der Waals surface area (Å²) in [6, 6.07) is 0. The van der Waals surface area contributed by atoms with Crippen LogP contribution in [0.4, 0.5) is 0 Å². The average molecular weight is 413 g/mol. The van der Waals surface area contributed by atoms with Gasteiger partial charge < -0.3 is 4.74 Å². The summed E-state index contributed by atoms with van der Waals surface area (Å²) in [4.78, 5) is 24.7. The lowest BCUT2D eigenvalue weighted by Crippen LogP contribution is -2.55. The summed E-state index contributed by atoms with van der Waals surface area (Å²) in [6.45, 7) is 8.46. The van der Waals surface area contributed by atoms with Crippen LogP contribution >= 0.6 is 0 Å². The molecule has 166 valence electrons. The Morgan fingerprint density at radius 2 is 1.80 bits per heavy atom. The first-order valence-corrected chi connectivity index (χ1v) is 12.6. The van der Waals surface area contributed by atoms with Crippen LogP contribution in [-0.2, 0) is 14.3 Å². The Labute approximate surface area is 182 Å². The van der Waals surface area contributed by atoms with E-state index in [1.807, 2.05) is 6.92 Å². The molecular formula is C27H40O3. The number of esters is 1. The quantitative estimate of drug-likeness (QED) is 0.397. The largest absolute Gasteiger partial charge is 0.462 e. The number of hydrogen-bond acceptors (Lipinski definition) is 3. The van der Waals surface area contributed by atoms with Gasteiger partial charge in [0.2, 0.25) is 0 Å². The first kappa shape index (κ1) is 20.8. The molecule has 0 saturated heterocycles. The van der Waals surface area contributed by atoms with Gasteiger partial charge in [0, 0.05) is 18.8 Å². The lowest BCUT2D eigenvalue weighted by molar-refractivity contribution is -0.151. The molecule has 3 nitrogen and oxygen atoms in total. The molecule has 8 atom stereocenters. The van der Waals surface area contributed by atoms with Crippen LogP contribution in [0.2, 0.25) is 0 Å². The lowest BCUT2D eigenvalue weighted by atomic mass is 9.44. The van der Waals surface area contributed by atoms with Crippen LogP contribution in [0.3, 0.4) is 0 Å². The van der Waals surface area contributed by atoms with Crippen LogP contribution in [0.15, 0.2) is 11.6 Å². The Morgan fingerprint density at radius 1 is 1.00 bits per heavy atom. The monoisotopic (exact) mass is 412 g/mol. The first-order valence-electron chi connectivity index (χ1n) is 12.6. The molecule has 5 aliphatic carbocycles. The first-order chi connectivity index (χ1) is 14.2. The predicted octanol–water partition coefficient (Wildman–Crippen LogP) is 6.26. The molecule has 0 amide bonds. The van der Waals surface area contributed by atoms with E-state index in [1.165, 1.54) is 51.9 Å². The maximum absolute atomic E-state index is 13.2. The Balaban J connectivity index is 1.46. The van der Waals surface area contributed by atoms with Crippen molar-refractivity contribution in [2.75, 3.05) is 0 Å². The number of hydrogen-bond donors (Lipinski definition) is 0. The molecule has 4 fully saturated rings. The second-order valence-corrected chi connectivity index (χ2v) is 11.9. The van der Waals surface area contributed by atoms with Gasteiger partial charge in [0.1, 0.15) is 11.9 Å². The van der Waals surface area contributed by atoms with Crippen molar-refractivity contribution in [3.63, 3.8) is 0 Å². The molecule has 0 aromatic rings. The lowest BCUT2D eigenvalue weighted by Gasteiger charge is -2.60. The molecule has 0 radical (unpaired) electrons. The number of fused-ring (bicyclic) bond motifs is 7. The minimum Gasteiger partial charge on any atom is -0.462 e. The Morgan fingerprint density at radius 3 is 2.53 bits per heavy atom. The van der Waals surface area contributed by atoms with E-state index in [0.29, 0.717) is 17.6 Å². The molecule has 4 saturated carbocycles. The van der Waals surface area contributed by atoms with E-state index in [4.69, 9.17) is 4.74 Å². The smallest absolute Gasteiger partial charge is 0.302 e. The van der Waals surface area contributed by atoms with E-state index in [9.17, 15) is 9.59 Å². The van der Waals surface area contributed by atoms with E-state index in [0.717, 1.165) is 37.5 Å². The number of rotatable bonds is 2. The molecule has 5 rings (SSSR count). The molecule has 0 N–H and O–H groups in total. The summed E-state index contributed by atoms with van der Waals surface area (Å²) in [5.74, 6) is 3.13. The average Bonchev–Trinajstić information content (AvgIpc) is 2.98. The summed E-state index contributed by atoms with van der Waals surface area (Å²) >= 11 is 0. The zero-order chi connectivity index (χ0) is 21.3. The van der Waals surface area contributed by atoms with Gasteiger partial charge >= 0.3 is 5.97 Å². The minimum atomic E-state index is -0.144. The van der Waals surface area contributed by atoms with Crippen molar-refractivity contribution < 1.29 is 14.3 Å². The predicted molar refractivity (Wildman–Crippen MR) is 118 cm³/mol. The van der Waals surface area contributed by atoms with E-state index in [-0.39, 0.29) is 28.3 Å². The maximum Gasteiger partial charge on any atom is 0.302 e. The van der Waals surface area contributed by atoms with Crippen molar-refractivity contribution in [1.29, 1.82) is 0 Å². The Kier molecular flexibility index (Phi) is 4.80. The second-order valence-electron chi connectivity index (χ2n) is 11.9. The topological polar surface area (TPSA) is 43.4 Å². The van der Waals surface area contributed by atoms with Gasteiger partial charge in [0.25, 0.3) is 0 Å². The Hall–Kier alpha value is -1.12. The number of ether oxygens (including phenoxy) is 1. The maximum atomic E-state index is 13.2.